The standard InChI is InChI=1S/C28H34N2O5/c1-17(2)14-25(27(33)29-24-13-7-8-18(24)15-26(31)32)30-28(34)35-16-23-21-11-5-3-9-19(21)20-10-4-6-12-22(20)23/h3-6,9-12,17-18,23-25H,7-8,13-16H2,1-2H3,(H,29,33)(H,30,34)(H,31,32)/t18-,24+,25+/m0/s1. The molecule has 1 saturated carbocycles. The van der Waals surface area contributed by atoms with Crippen molar-refractivity contribution in [2.45, 2.75) is 64.0 Å². The van der Waals surface area contributed by atoms with Crippen molar-refractivity contribution >= 4 is 18.0 Å². The first-order chi connectivity index (χ1) is 16.8. The van der Waals surface area contributed by atoms with E-state index >= 15 is 0 Å². The molecule has 2 aromatic carbocycles. The molecular formula is C28H34N2O5. The van der Waals surface area contributed by atoms with Gasteiger partial charge in [0, 0.05) is 12.0 Å². The van der Waals surface area contributed by atoms with E-state index in [0.29, 0.717) is 6.42 Å². The number of alkyl carbamates (subject to hydrolysis) is 1. The summed E-state index contributed by atoms with van der Waals surface area (Å²) in [6, 6.07) is 15.3. The summed E-state index contributed by atoms with van der Waals surface area (Å²) < 4.78 is 5.64. The highest BCUT2D eigenvalue weighted by Crippen LogP contribution is 2.44. The summed E-state index contributed by atoms with van der Waals surface area (Å²) in [5.74, 6) is -1.09. The number of hydrogen-bond donors (Lipinski definition) is 3. The third-order valence-corrected chi connectivity index (χ3v) is 7.08. The molecular weight excluding hydrogens is 444 g/mol. The maximum Gasteiger partial charge on any atom is 0.407 e. The molecule has 0 aromatic heterocycles. The van der Waals surface area contributed by atoms with E-state index < -0.39 is 18.1 Å². The molecule has 0 radical (unpaired) electrons. The predicted octanol–water partition coefficient (Wildman–Crippen LogP) is 4.70. The lowest BCUT2D eigenvalue weighted by atomic mass is 9.98. The van der Waals surface area contributed by atoms with E-state index in [9.17, 15) is 14.4 Å². The van der Waals surface area contributed by atoms with Gasteiger partial charge in [0.25, 0.3) is 0 Å². The van der Waals surface area contributed by atoms with Crippen molar-refractivity contribution in [1.82, 2.24) is 10.6 Å². The zero-order valence-electron chi connectivity index (χ0n) is 20.3. The third kappa shape index (κ3) is 5.84. The van der Waals surface area contributed by atoms with Crippen molar-refractivity contribution in [2.75, 3.05) is 6.61 Å². The predicted molar refractivity (Wildman–Crippen MR) is 133 cm³/mol. The summed E-state index contributed by atoms with van der Waals surface area (Å²) in [5, 5.41) is 14.9. The largest absolute Gasteiger partial charge is 0.481 e. The third-order valence-electron chi connectivity index (χ3n) is 7.08. The maximum absolute atomic E-state index is 13.1. The fraction of sp³-hybridized carbons (Fsp3) is 0.464. The van der Waals surface area contributed by atoms with Gasteiger partial charge in [-0.3, -0.25) is 9.59 Å². The molecule has 0 unspecified atom stereocenters. The maximum atomic E-state index is 13.1. The molecule has 7 nitrogen and oxygen atoms in total. The highest BCUT2D eigenvalue weighted by molar-refractivity contribution is 5.86. The van der Waals surface area contributed by atoms with Crippen molar-refractivity contribution in [3.05, 3.63) is 59.7 Å². The van der Waals surface area contributed by atoms with Crippen LogP contribution in [0.2, 0.25) is 0 Å². The SMILES string of the molecule is CC(C)C[C@@H](NC(=O)OCC1c2ccccc2-c2ccccc21)C(=O)N[C@@H]1CCC[C@H]1CC(=O)O. The number of nitrogens with one attached hydrogen (secondary N) is 2. The van der Waals surface area contributed by atoms with Crippen molar-refractivity contribution in [3.63, 3.8) is 0 Å². The number of amides is 2. The zero-order chi connectivity index (χ0) is 24.9. The molecule has 0 saturated heterocycles. The minimum atomic E-state index is -0.855. The van der Waals surface area contributed by atoms with Gasteiger partial charge >= 0.3 is 12.1 Å². The van der Waals surface area contributed by atoms with Gasteiger partial charge in [-0.2, -0.15) is 0 Å². The Kier molecular flexibility index (Phi) is 7.73. The van der Waals surface area contributed by atoms with Crippen LogP contribution in [0.5, 0.6) is 0 Å². The van der Waals surface area contributed by atoms with Crippen molar-refractivity contribution in [3.8, 4) is 11.1 Å². The first-order valence-corrected chi connectivity index (χ1v) is 12.5. The van der Waals surface area contributed by atoms with E-state index in [1.54, 1.807) is 0 Å². The van der Waals surface area contributed by atoms with Crippen LogP contribution in [0, 0.1) is 11.8 Å². The molecule has 2 aromatic rings. The average molecular weight is 479 g/mol. The molecule has 4 rings (SSSR count). The van der Waals surface area contributed by atoms with Gasteiger partial charge in [0.15, 0.2) is 0 Å². The van der Waals surface area contributed by atoms with E-state index in [-0.39, 0.29) is 42.7 Å². The Morgan fingerprint density at radius 3 is 2.23 bits per heavy atom. The Bertz CT molecular complexity index is 1040. The Labute approximate surface area is 206 Å². The molecule has 3 atom stereocenters. The summed E-state index contributed by atoms with van der Waals surface area (Å²) in [6.45, 7) is 4.16. The summed E-state index contributed by atoms with van der Waals surface area (Å²) in [4.78, 5) is 37.0. The van der Waals surface area contributed by atoms with Gasteiger partial charge in [0.2, 0.25) is 5.91 Å². The minimum Gasteiger partial charge on any atom is -0.481 e. The summed E-state index contributed by atoms with van der Waals surface area (Å²) in [5.41, 5.74) is 4.57. The molecule has 0 aliphatic heterocycles. The van der Waals surface area contributed by atoms with E-state index in [2.05, 4.69) is 34.9 Å². The second kappa shape index (κ2) is 10.9. The van der Waals surface area contributed by atoms with Crippen LogP contribution in [0.15, 0.2) is 48.5 Å². The van der Waals surface area contributed by atoms with Gasteiger partial charge < -0.3 is 20.5 Å². The van der Waals surface area contributed by atoms with E-state index in [4.69, 9.17) is 9.84 Å². The number of fused-ring (bicyclic) bond motifs is 3. The van der Waals surface area contributed by atoms with Crippen molar-refractivity contribution < 1.29 is 24.2 Å². The molecule has 186 valence electrons. The van der Waals surface area contributed by atoms with Gasteiger partial charge in [-0.25, -0.2) is 4.79 Å². The molecule has 2 aliphatic rings. The highest BCUT2D eigenvalue weighted by Gasteiger charge is 2.33. The Hall–Kier alpha value is -3.35. The normalized spacial score (nSPS) is 19.6. The summed E-state index contributed by atoms with van der Waals surface area (Å²) >= 11 is 0. The molecule has 0 spiro atoms. The first-order valence-electron chi connectivity index (χ1n) is 12.5. The number of rotatable bonds is 9. The first kappa shape index (κ1) is 24.8. The lowest BCUT2D eigenvalue weighted by Gasteiger charge is -2.25. The number of carboxylic acid groups (broad SMARTS) is 1. The fourth-order valence-electron chi connectivity index (χ4n) is 5.46. The van der Waals surface area contributed by atoms with Gasteiger partial charge in [0.05, 0.1) is 6.42 Å². The fourth-order valence-corrected chi connectivity index (χ4v) is 5.46. The quantitative estimate of drug-likeness (QED) is 0.485. The highest BCUT2D eigenvalue weighted by atomic mass is 16.5. The molecule has 2 aliphatic carbocycles. The van der Waals surface area contributed by atoms with Crippen LogP contribution in [-0.4, -0.2) is 41.8 Å². The van der Waals surface area contributed by atoms with Gasteiger partial charge in [-0.05, 0) is 53.4 Å². The van der Waals surface area contributed by atoms with Gasteiger partial charge in [0.1, 0.15) is 12.6 Å². The molecule has 3 N–H and O–H groups in total. The Morgan fingerprint density at radius 1 is 1.00 bits per heavy atom. The number of carbonyl (C=O) groups is 3. The molecule has 1 fully saturated rings. The zero-order valence-corrected chi connectivity index (χ0v) is 20.3. The molecule has 0 bridgehead atoms. The van der Waals surface area contributed by atoms with Crippen LogP contribution >= 0.6 is 0 Å². The Balaban J connectivity index is 1.38. The summed E-state index contributed by atoms with van der Waals surface area (Å²) in [7, 11) is 0. The van der Waals surface area contributed by atoms with Gasteiger partial charge in [-0.15, -0.1) is 0 Å². The Morgan fingerprint density at radius 2 is 1.63 bits per heavy atom. The van der Waals surface area contributed by atoms with E-state index in [1.807, 2.05) is 38.1 Å². The van der Waals surface area contributed by atoms with Crippen LogP contribution in [0.1, 0.15) is 63.0 Å². The molecule has 2 amide bonds. The molecule has 7 heteroatoms. The van der Waals surface area contributed by atoms with Crippen LogP contribution in [0.4, 0.5) is 4.79 Å². The van der Waals surface area contributed by atoms with Crippen LogP contribution in [0.3, 0.4) is 0 Å². The number of ether oxygens (including phenoxy) is 1. The van der Waals surface area contributed by atoms with Crippen LogP contribution in [0.25, 0.3) is 11.1 Å². The second-order valence-electron chi connectivity index (χ2n) is 10.1. The van der Waals surface area contributed by atoms with Crippen molar-refractivity contribution in [2.24, 2.45) is 11.8 Å². The number of carbonyl (C=O) groups excluding carboxylic acids is 2. The monoisotopic (exact) mass is 478 g/mol. The number of benzene rings is 2. The molecule has 0 heterocycles. The lowest BCUT2D eigenvalue weighted by Crippen LogP contribution is -2.51. The van der Waals surface area contributed by atoms with Gasteiger partial charge in [-0.1, -0.05) is 68.8 Å². The van der Waals surface area contributed by atoms with Crippen LogP contribution < -0.4 is 10.6 Å². The van der Waals surface area contributed by atoms with Crippen LogP contribution in [-0.2, 0) is 14.3 Å². The number of carboxylic acids is 1. The smallest absolute Gasteiger partial charge is 0.407 e. The average Bonchev–Trinajstić information content (AvgIpc) is 3.38. The summed E-state index contributed by atoms with van der Waals surface area (Å²) in [6.07, 6.45) is 2.31. The second-order valence-corrected chi connectivity index (χ2v) is 10.1. The lowest BCUT2D eigenvalue weighted by molar-refractivity contribution is -0.138. The topological polar surface area (TPSA) is 105 Å². The van der Waals surface area contributed by atoms with Crippen molar-refractivity contribution in [1.29, 1.82) is 0 Å². The number of hydrogen-bond acceptors (Lipinski definition) is 4. The van der Waals surface area contributed by atoms with E-state index in [0.717, 1.165) is 41.5 Å². The van der Waals surface area contributed by atoms with E-state index in [1.165, 1.54) is 0 Å². The number of aliphatic carboxylic acids is 1. The molecule has 35 heavy (non-hydrogen) atoms. The minimum absolute atomic E-state index is 0.0413.